The average Bonchev–Trinajstić information content (AvgIpc) is 3.48. The number of aryl methyl sites for hydroxylation is 1. The molecule has 0 aliphatic carbocycles. The van der Waals surface area contributed by atoms with Crippen LogP contribution in [-0.2, 0) is 12.2 Å². The molecule has 0 atom stereocenters. The first-order valence-electron chi connectivity index (χ1n) is 10.4. The first-order chi connectivity index (χ1) is 15.7. The highest BCUT2D eigenvalue weighted by molar-refractivity contribution is 7.98. The van der Waals surface area contributed by atoms with Gasteiger partial charge in [0, 0.05) is 6.42 Å². The van der Waals surface area contributed by atoms with Crippen molar-refractivity contribution >= 4 is 11.8 Å². The number of hydrogen-bond acceptors (Lipinski definition) is 8. The molecule has 0 aliphatic heterocycles. The fourth-order valence-electron chi connectivity index (χ4n) is 3.24. The molecule has 0 amide bonds. The average molecular weight is 452 g/mol. The molecule has 0 N–H and O–H groups in total. The third-order valence-electron chi connectivity index (χ3n) is 4.90. The fraction of sp³-hybridized carbons (Fsp3) is 0.304. The summed E-state index contributed by atoms with van der Waals surface area (Å²) in [5, 5.41) is 13.7. The second kappa shape index (κ2) is 10.3. The molecule has 0 spiro atoms. The standard InChI is InChI=1S/C23H25N5O3S/c1-4-5-10-20-24-21(31-27-20)15-32-23-26-25-22(18-8-6-7-9-19(18)30-3)28(23)16-11-13-17(29-2)14-12-16/h6-9,11-14H,4-5,10,15H2,1-3H3. The van der Waals surface area contributed by atoms with Crippen molar-refractivity contribution in [3.63, 3.8) is 0 Å². The zero-order valence-corrected chi connectivity index (χ0v) is 19.1. The lowest BCUT2D eigenvalue weighted by Gasteiger charge is -2.12. The molecule has 2 heterocycles. The number of hydrogen-bond donors (Lipinski definition) is 0. The van der Waals surface area contributed by atoms with Gasteiger partial charge in [-0.1, -0.05) is 42.4 Å². The minimum absolute atomic E-state index is 0.499. The Bertz CT molecular complexity index is 1160. The molecule has 0 bridgehead atoms. The number of benzene rings is 2. The molecule has 2 aromatic carbocycles. The Kier molecular flexibility index (Phi) is 7.06. The van der Waals surface area contributed by atoms with Crippen molar-refractivity contribution in [3.05, 3.63) is 60.2 Å². The number of methoxy groups -OCH3 is 2. The van der Waals surface area contributed by atoms with Gasteiger partial charge in [0.1, 0.15) is 11.5 Å². The SMILES string of the molecule is CCCCc1noc(CSc2nnc(-c3ccccc3OC)n2-c2ccc(OC)cc2)n1. The summed E-state index contributed by atoms with van der Waals surface area (Å²) in [5.41, 5.74) is 1.76. The topological polar surface area (TPSA) is 88.1 Å². The lowest BCUT2D eigenvalue weighted by atomic mass is 10.2. The van der Waals surface area contributed by atoms with Crippen LogP contribution >= 0.6 is 11.8 Å². The number of unbranched alkanes of at least 4 members (excludes halogenated alkanes) is 1. The van der Waals surface area contributed by atoms with Crippen molar-refractivity contribution < 1.29 is 14.0 Å². The van der Waals surface area contributed by atoms with Crippen molar-refractivity contribution in [1.29, 1.82) is 0 Å². The maximum Gasteiger partial charge on any atom is 0.237 e. The van der Waals surface area contributed by atoms with Crippen LogP contribution in [0.5, 0.6) is 11.5 Å². The predicted molar refractivity (Wildman–Crippen MR) is 122 cm³/mol. The number of thioether (sulfide) groups is 1. The third-order valence-corrected chi connectivity index (χ3v) is 5.81. The highest BCUT2D eigenvalue weighted by Gasteiger charge is 2.20. The smallest absolute Gasteiger partial charge is 0.237 e. The predicted octanol–water partition coefficient (Wildman–Crippen LogP) is 4.97. The van der Waals surface area contributed by atoms with Crippen LogP contribution in [0.2, 0.25) is 0 Å². The van der Waals surface area contributed by atoms with Crippen LogP contribution in [0.1, 0.15) is 31.5 Å². The minimum Gasteiger partial charge on any atom is -0.497 e. The molecule has 0 unspecified atom stereocenters. The minimum atomic E-state index is 0.499. The van der Waals surface area contributed by atoms with Crippen LogP contribution in [0.4, 0.5) is 0 Å². The van der Waals surface area contributed by atoms with Crippen molar-refractivity contribution in [3.8, 4) is 28.6 Å². The Labute approximate surface area is 191 Å². The highest BCUT2D eigenvalue weighted by Crippen LogP contribution is 2.34. The Balaban J connectivity index is 1.67. The van der Waals surface area contributed by atoms with Crippen LogP contribution in [0.15, 0.2) is 58.2 Å². The van der Waals surface area contributed by atoms with E-state index in [1.54, 1.807) is 14.2 Å². The van der Waals surface area contributed by atoms with Gasteiger partial charge < -0.3 is 14.0 Å². The van der Waals surface area contributed by atoms with E-state index in [0.29, 0.717) is 22.6 Å². The van der Waals surface area contributed by atoms with Crippen LogP contribution < -0.4 is 9.47 Å². The van der Waals surface area contributed by atoms with Gasteiger partial charge in [-0.3, -0.25) is 4.57 Å². The monoisotopic (exact) mass is 451 g/mol. The van der Waals surface area contributed by atoms with Gasteiger partial charge in [0.15, 0.2) is 16.8 Å². The van der Waals surface area contributed by atoms with E-state index in [4.69, 9.17) is 14.0 Å². The zero-order valence-electron chi connectivity index (χ0n) is 18.3. The van der Waals surface area contributed by atoms with E-state index in [-0.39, 0.29) is 0 Å². The van der Waals surface area contributed by atoms with Gasteiger partial charge in [0.05, 0.1) is 31.2 Å². The maximum atomic E-state index is 5.56. The van der Waals surface area contributed by atoms with Gasteiger partial charge in [-0.05, 0) is 42.8 Å². The molecule has 4 rings (SSSR count). The second-order valence-electron chi connectivity index (χ2n) is 7.04. The summed E-state index contributed by atoms with van der Waals surface area (Å²) in [5.74, 6) is 4.01. The molecule has 4 aromatic rings. The molecule has 0 fully saturated rings. The van der Waals surface area contributed by atoms with E-state index in [1.807, 2.05) is 53.1 Å². The van der Waals surface area contributed by atoms with Crippen LogP contribution in [0, 0.1) is 0 Å². The van der Waals surface area contributed by atoms with Gasteiger partial charge in [0.2, 0.25) is 5.89 Å². The van der Waals surface area contributed by atoms with Crippen LogP contribution in [-0.4, -0.2) is 39.1 Å². The molecule has 166 valence electrons. The highest BCUT2D eigenvalue weighted by atomic mass is 32.2. The first kappa shape index (κ1) is 21.9. The Morgan fingerprint density at radius 2 is 1.81 bits per heavy atom. The summed E-state index contributed by atoms with van der Waals surface area (Å²) in [6, 6.07) is 15.5. The summed E-state index contributed by atoms with van der Waals surface area (Å²) in [7, 11) is 3.29. The van der Waals surface area contributed by atoms with E-state index in [2.05, 4.69) is 27.3 Å². The molecule has 0 radical (unpaired) electrons. The lowest BCUT2D eigenvalue weighted by molar-refractivity contribution is 0.384. The third kappa shape index (κ3) is 4.77. The molecule has 8 nitrogen and oxygen atoms in total. The summed E-state index contributed by atoms with van der Waals surface area (Å²) < 4.78 is 18.3. The molecule has 32 heavy (non-hydrogen) atoms. The van der Waals surface area contributed by atoms with Gasteiger partial charge in [-0.15, -0.1) is 10.2 Å². The Hall–Kier alpha value is -3.33. The molecule has 0 saturated heterocycles. The molecular formula is C23H25N5O3S. The Morgan fingerprint density at radius 1 is 1.00 bits per heavy atom. The maximum absolute atomic E-state index is 5.56. The van der Waals surface area contributed by atoms with E-state index >= 15 is 0 Å². The molecular weight excluding hydrogens is 426 g/mol. The van der Waals surface area contributed by atoms with E-state index in [1.165, 1.54) is 11.8 Å². The normalized spacial score (nSPS) is 11.0. The van der Waals surface area contributed by atoms with Gasteiger partial charge in [0.25, 0.3) is 0 Å². The van der Waals surface area contributed by atoms with E-state index in [9.17, 15) is 0 Å². The van der Waals surface area contributed by atoms with Crippen molar-refractivity contribution in [2.75, 3.05) is 14.2 Å². The number of aromatic nitrogens is 5. The largest absolute Gasteiger partial charge is 0.497 e. The molecule has 0 aliphatic rings. The lowest BCUT2D eigenvalue weighted by Crippen LogP contribution is -2.01. The summed E-state index contributed by atoms with van der Waals surface area (Å²) in [6.45, 7) is 2.14. The number of nitrogens with zero attached hydrogens (tertiary/aromatic N) is 5. The number of rotatable bonds is 10. The van der Waals surface area contributed by atoms with Gasteiger partial charge in [-0.2, -0.15) is 4.98 Å². The van der Waals surface area contributed by atoms with Crippen molar-refractivity contribution in [2.24, 2.45) is 0 Å². The molecule has 0 saturated carbocycles. The fourth-order valence-corrected chi connectivity index (χ4v) is 4.03. The molecule has 9 heteroatoms. The van der Waals surface area contributed by atoms with Crippen LogP contribution in [0.25, 0.3) is 17.1 Å². The Morgan fingerprint density at radius 3 is 2.56 bits per heavy atom. The van der Waals surface area contributed by atoms with Gasteiger partial charge >= 0.3 is 0 Å². The summed E-state index contributed by atoms with van der Waals surface area (Å²) in [4.78, 5) is 4.49. The molecule has 2 aromatic heterocycles. The number of para-hydroxylation sites is 1. The first-order valence-corrected chi connectivity index (χ1v) is 11.4. The van der Waals surface area contributed by atoms with Crippen molar-refractivity contribution in [2.45, 2.75) is 37.1 Å². The zero-order chi connectivity index (χ0) is 22.3. The van der Waals surface area contributed by atoms with Crippen molar-refractivity contribution in [1.82, 2.24) is 24.9 Å². The van der Waals surface area contributed by atoms with Gasteiger partial charge in [-0.25, -0.2) is 0 Å². The van der Waals surface area contributed by atoms with E-state index in [0.717, 1.165) is 47.8 Å². The summed E-state index contributed by atoms with van der Waals surface area (Å²) in [6.07, 6.45) is 2.96. The second-order valence-corrected chi connectivity index (χ2v) is 7.98. The van der Waals surface area contributed by atoms with E-state index < -0.39 is 0 Å². The quantitative estimate of drug-likeness (QED) is 0.312. The van der Waals surface area contributed by atoms with Crippen LogP contribution in [0.3, 0.4) is 0 Å². The number of ether oxygens (including phenoxy) is 2. The summed E-state index contributed by atoms with van der Waals surface area (Å²) >= 11 is 1.49.